The maximum Gasteiger partial charge on any atom is 0.290 e. The van der Waals surface area contributed by atoms with Crippen molar-refractivity contribution < 1.29 is 23.8 Å². The smallest absolute Gasteiger partial charge is 0.290 e. The van der Waals surface area contributed by atoms with Gasteiger partial charge >= 0.3 is 0 Å². The number of aromatic nitrogens is 1. The molecule has 2 bridgehead atoms. The number of hydrogen-bond donors (Lipinski definition) is 1. The standard InChI is InChI=1S/C18H23N3O3S.CH2O2/c1-12-3-4-16(24-12)8-20-5-14-6-21(15(7-20)10-23-9-14)18(22)17-11-25-13(2)19-17;2-1-3/h3-4,11,14-15H,5-10H2,1-2H3;1H,(H,2,3)/t14-,15-;/m0./s1. The number of carboxylic acid groups (broad SMARTS) is 1. The van der Waals surface area contributed by atoms with E-state index in [1.807, 2.05) is 36.3 Å². The minimum Gasteiger partial charge on any atom is -0.483 e. The molecule has 152 valence electrons. The Kier molecular flexibility index (Phi) is 6.82. The van der Waals surface area contributed by atoms with Crippen LogP contribution in [0.2, 0.25) is 0 Å². The predicted molar refractivity (Wildman–Crippen MR) is 103 cm³/mol. The fourth-order valence-electron chi connectivity index (χ4n) is 3.72. The molecule has 4 heterocycles. The van der Waals surface area contributed by atoms with Crippen LogP contribution in [0.15, 0.2) is 21.9 Å². The van der Waals surface area contributed by atoms with Crippen LogP contribution in [0.4, 0.5) is 0 Å². The quantitative estimate of drug-likeness (QED) is 0.778. The van der Waals surface area contributed by atoms with Crippen LogP contribution in [-0.2, 0) is 16.1 Å². The van der Waals surface area contributed by atoms with Crippen LogP contribution in [0.3, 0.4) is 0 Å². The van der Waals surface area contributed by atoms with Gasteiger partial charge in [0.2, 0.25) is 0 Å². The fraction of sp³-hybridized carbons (Fsp3) is 0.526. The summed E-state index contributed by atoms with van der Waals surface area (Å²) in [5.74, 6) is 2.25. The summed E-state index contributed by atoms with van der Waals surface area (Å²) in [6, 6.07) is 4.09. The summed E-state index contributed by atoms with van der Waals surface area (Å²) >= 11 is 1.52. The Morgan fingerprint density at radius 2 is 2.11 bits per heavy atom. The number of carbonyl (C=O) groups is 2. The van der Waals surface area contributed by atoms with E-state index in [4.69, 9.17) is 19.1 Å². The molecule has 1 N–H and O–H groups in total. The molecule has 2 fully saturated rings. The van der Waals surface area contributed by atoms with Crippen molar-refractivity contribution in [3.63, 3.8) is 0 Å². The molecule has 2 saturated heterocycles. The highest BCUT2D eigenvalue weighted by Gasteiger charge is 2.36. The molecule has 2 aromatic heterocycles. The predicted octanol–water partition coefficient (Wildman–Crippen LogP) is 2.03. The molecular weight excluding hydrogens is 382 g/mol. The van der Waals surface area contributed by atoms with Gasteiger partial charge in [-0.15, -0.1) is 11.3 Å². The highest BCUT2D eigenvalue weighted by molar-refractivity contribution is 7.09. The number of hydrogen-bond acceptors (Lipinski definition) is 7. The third-order valence-corrected chi connectivity index (χ3v) is 5.59. The first-order valence-corrected chi connectivity index (χ1v) is 10.0. The summed E-state index contributed by atoms with van der Waals surface area (Å²) in [5.41, 5.74) is 0.559. The molecule has 28 heavy (non-hydrogen) atoms. The molecule has 8 nitrogen and oxygen atoms in total. The van der Waals surface area contributed by atoms with Crippen molar-refractivity contribution >= 4 is 23.7 Å². The molecule has 4 rings (SSSR count). The number of nitrogens with zero attached hydrogens (tertiary/aromatic N) is 3. The number of aryl methyl sites for hydroxylation is 2. The van der Waals surface area contributed by atoms with E-state index in [1.54, 1.807) is 0 Å². The van der Waals surface area contributed by atoms with Gasteiger partial charge in [0, 0.05) is 30.9 Å². The first-order valence-electron chi connectivity index (χ1n) is 9.16. The van der Waals surface area contributed by atoms with Gasteiger partial charge in [0.05, 0.1) is 30.8 Å². The Labute approximate surface area is 167 Å². The second-order valence-corrected chi connectivity index (χ2v) is 8.14. The number of carbonyl (C=O) groups excluding carboxylic acids is 1. The number of amides is 1. The van der Waals surface area contributed by atoms with Crippen LogP contribution < -0.4 is 0 Å². The highest BCUT2D eigenvalue weighted by Crippen LogP contribution is 2.24. The second kappa shape index (κ2) is 9.31. The number of fused-ring (bicyclic) bond motifs is 3. The first-order chi connectivity index (χ1) is 13.5. The Morgan fingerprint density at radius 3 is 2.75 bits per heavy atom. The summed E-state index contributed by atoms with van der Waals surface area (Å²) in [7, 11) is 0. The summed E-state index contributed by atoms with van der Waals surface area (Å²) in [6.45, 7) is 8.14. The number of rotatable bonds is 3. The maximum absolute atomic E-state index is 13.0. The van der Waals surface area contributed by atoms with Crippen LogP contribution in [-0.4, -0.2) is 71.2 Å². The summed E-state index contributed by atoms with van der Waals surface area (Å²) in [5, 5.41) is 9.67. The van der Waals surface area contributed by atoms with Crippen molar-refractivity contribution in [2.45, 2.75) is 26.4 Å². The fourth-order valence-corrected chi connectivity index (χ4v) is 4.30. The lowest BCUT2D eigenvalue weighted by atomic mass is 10.1. The van der Waals surface area contributed by atoms with Crippen LogP contribution in [0.5, 0.6) is 0 Å². The van der Waals surface area contributed by atoms with Crippen molar-refractivity contribution in [2.24, 2.45) is 5.92 Å². The lowest BCUT2D eigenvalue weighted by Gasteiger charge is -2.30. The maximum atomic E-state index is 13.0. The van der Waals surface area contributed by atoms with Crippen molar-refractivity contribution in [1.82, 2.24) is 14.8 Å². The Bertz CT molecular complexity index is 805. The van der Waals surface area contributed by atoms with E-state index in [0.29, 0.717) is 24.8 Å². The summed E-state index contributed by atoms with van der Waals surface area (Å²) < 4.78 is 11.6. The summed E-state index contributed by atoms with van der Waals surface area (Å²) in [6.07, 6.45) is 0. The van der Waals surface area contributed by atoms with E-state index in [-0.39, 0.29) is 18.4 Å². The molecule has 0 radical (unpaired) electrons. The third kappa shape index (κ3) is 4.98. The van der Waals surface area contributed by atoms with Crippen LogP contribution in [0, 0.1) is 19.8 Å². The minimum atomic E-state index is -0.250. The van der Waals surface area contributed by atoms with E-state index in [2.05, 4.69) is 9.88 Å². The monoisotopic (exact) mass is 407 g/mol. The zero-order chi connectivity index (χ0) is 20.1. The average molecular weight is 407 g/mol. The van der Waals surface area contributed by atoms with Gasteiger partial charge in [0.15, 0.2) is 0 Å². The van der Waals surface area contributed by atoms with Crippen molar-refractivity contribution in [3.8, 4) is 0 Å². The minimum absolute atomic E-state index is 0.0283. The highest BCUT2D eigenvalue weighted by atomic mass is 32.1. The SMILES string of the molecule is Cc1ccc(CN2C[C@@H]3COC[C@H](C2)N(C(=O)c2csc(C)n2)C3)o1.O=CO. The van der Waals surface area contributed by atoms with Crippen LogP contribution >= 0.6 is 11.3 Å². The number of furan rings is 1. The van der Waals surface area contributed by atoms with Gasteiger partial charge in [0.25, 0.3) is 12.4 Å². The molecular formula is C19H25N3O5S. The third-order valence-electron chi connectivity index (χ3n) is 4.82. The van der Waals surface area contributed by atoms with Gasteiger partial charge in [-0.2, -0.15) is 0 Å². The Balaban J connectivity index is 0.000000706. The van der Waals surface area contributed by atoms with Gasteiger partial charge in [0.1, 0.15) is 17.2 Å². The van der Waals surface area contributed by atoms with Gasteiger partial charge in [-0.3, -0.25) is 14.5 Å². The zero-order valence-corrected chi connectivity index (χ0v) is 16.9. The Morgan fingerprint density at radius 1 is 1.32 bits per heavy atom. The van der Waals surface area contributed by atoms with Crippen molar-refractivity contribution in [1.29, 1.82) is 0 Å². The van der Waals surface area contributed by atoms with Crippen LogP contribution in [0.1, 0.15) is 27.0 Å². The van der Waals surface area contributed by atoms with E-state index >= 15 is 0 Å². The molecule has 2 aliphatic heterocycles. The molecule has 2 aliphatic rings. The van der Waals surface area contributed by atoms with Crippen molar-refractivity contribution in [3.05, 3.63) is 39.7 Å². The molecule has 2 aromatic rings. The molecule has 0 saturated carbocycles. The molecule has 1 amide bonds. The molecule has 9 heteroatoms. The lowest BCUT2D eigenvalue weighted by molar-refractivity contribution is -0.122. The van der Waals surface area contributed by atoms with Crippen LogP contribution in [0.25, 0.3) is 0 Å². The van der Waals surface area contributed by atoms with Gasteiger partial charge in [-0.25, -0.2) is 4.98 Å². The van der Waals surface area contributed by atoms with Gasteiger partial charge < -0.3 is 19.2 Å². The molecule has 0 aromatic carbocycles. The zero-order valence-electron chi connectivity index (χ0n) is 16.0. The van der Waals surface area contributed by atoms with Gasteiger partial charge in [-0.05, 0) is 26.0 Å². The van der Waals surface area contributed by atoms with E-state index in [1.165, 1.54) is 11.3 Å². The van der Waals surface area contributed by atoms with E-state index in [9.17, 15) is 4.79 Å². The molecule has 0 aliphatic carbocycles. The summed E-state index contributed by atoms with van der Waals surface area (Å²) in [4.78, 5) is 30.0. The van der Waals surface area contributed by atoms with Crippen molar-refractivity contribution in [2.75, 3.05) is 32.8 Å². The average Bonchev–Trinajstić information content (AvgIpc) is 3.14. The topological polar surface area (TPSA) is 96.1 Å². The van der Waals surface area contributed by atoms with E-state index < -0.39 is 0 Å². The molecule has 0 unspecified atom stereocenters. The largest absolute Gasteiger partial charge is 0.483 e. The Hall–Kier alpha value is -2.23. The number of thiazole rings is 1. The lowest BCUT2D eigenvalue weighted by Crippen LogP contribution is -2.46. The van der Waals surface area contributed by atoms with E-state index in [0.717, 1.165) is 42.7 Å². The number of ether oxygens (including phenoxy) is 1. The van der Waals surface area contributed by atoms with Gasteiger partial charge in [-0.1, -0.05) is 0 Å². The molecule has 0 spiro atoms. The first kappa shape index (κ1) is 20.5. The normalized spacial score (nSPS) is 22.1. The molecule has 2 atom stereocenters. The second-order valence-electron chi connectivity index (χ2n) is 7.08.